The van der Waals surface area contributed by atoms with Gasteiger partial charge in [-0.05, 0) is 44.8 Å². The van der Waals surface area contributed by atoms with Crippen molar-refractivity contribution >= 4 is 37.7 Å². The van der Waals surface area contributed by atoms with Gasteiger partial charge in [0.05, 0.1) is 10.2 Å². The van der Waals surface area contributed by atoms with Crippen LogP contribution in [0, 0.1) is 6.92 Å². The fourth-order valence-electron chi connectivity index (χ4n) is 1.39. The van der Waals surface area contributed by atoms with Crippen molar-refractivity contribution in [1.82, 2.24) is 15.0 Å². The first-order valence-electron chi connectivity index (χ1n) is 4.94. The van der Waals surface area contributed by atoms with Crippen LogP contribution in [0.5, 0.6) is 0 Å². The number of hydrogen-bond donors (Lipinski definition) is 1. The van der Waals surface area contributed by atoms with Crippen molar-refractivity contribution in [2.45, 2.75) is 6.92 Å². The average Bonchev–Trinajstić information content (AvgIpc) is 2.32. The highest BCUT2D eigenvalue weighted by atomic mass is 79.9. The lowest BCUT2D eigenvalue weighted by Gasteiger charge is -2.08. The zero-order chi connectivity index (χ0) is 12.4. The third kappa shape index (κ3) is 2.63. The molecular weight excluding hydrogens is 348 g/mol. The van der Waals surface area contributed by atoms with Gasteiger partial charge in [-0.1, -0.05) is 0 Å². The summed E-state index contributed by atoms with van der Waals surface area (Å²) >= 11 is 6.83. The highest BCUT2D eigenvalue weighted by Crippen LogP contribution is 2.26. The summed E-state index contributed by atoms with van der Waals surface area (Å²) in [6.45, 7) is 1.93. The van der Waals surface area contributed by atoms with E-state index in [0.29, 0.717) is 5.82 Å². The van der Waals surface area contributed by atoms with E-state index in [1.807, 2.05) is 20.0 Å². The topological polar surface area (TPSA) is 50.7 Å². The van der Waals surface area contributed by atoms with Gasteiger partial charge in [-0.2, -0.15) is 0 Å². The van der Waals surface area contributed by atoms with Gasteiger partial charge in [0.25, 0.3) is 0 Å². The summed E-state index contributed by atoms with van der Waals surface area (Å²) in [7, 11) is 1.83. The second kappa shape index (κ2) is 5.10. The van der Waals surface area contributed by atoms with E-state index < -0.39 is 0 Å². The summed E-state index contributed by atoms with van der Waals surface area (Å²) < 4.78 is 1.79. The molecule has 2 rings (SSSR count). The third-order valence-electron chi connectivity index (χ3n) is 2.22. The lowest BCUT2D eigenvalue weighted by atomic mass is 10.2. The average molecular weight is 358 g/mol. The van der Waals surface area contributed by atoms with Crippen LogP contribution in [0.15, 0.2) is 27.4 Å². The highest BCUT2D eigenvalue weighted by molar-refractivity contribution is 9.11. The van der Waals surface area contributed by atoms with Crippen molar-refractivity contribution in [3.8, 4) is 11.4 Å². The zero-order valence-electron chi connectivity index (χ0n) is 9.33. The molecule has 0 saturated heterocycles. The van der Waals surface area contributed by atoms with Crippen LogP contribution in [0.25, 0.3) is 11.4 Å². The number of rotatable bonds is 2. The van der Waals surface area contributed by atoms with E-state index in [4.69, 9.17) is 0 Å². The van der Waals surface area contributed by atoms with Gasteiger partial charge in [-0.3, -0.25) is 4.98 Å². The molecule has 17 heavy (non-hydrogen) atoms. The van der Waals surface area contributed by atoms with E-state index in [1.54, 1.807) is 12.4 Å². The van der Waals surface area contributed by atoms with Crippen LogP contribution in [0.2, 0.25) is 0 Å². The summed E-state index contributed by atoms with van der Waals surface area (Å²) in [5, 5.41) is 3.03. The molecular formula is C11H10Br2N4. The van der Waals surface area contributed by atoms with Crippen LogP contribution in [0.1, 0.15) is 5.69 Å². The number of halogens is 2. The Morgan fingerprint density at radius 1 is 1.18 bits per heavy atom. The van der Waals surface area contributed by atoms with Crippen LogP contribution in [-0.2, 0) is 0 Å². The summed E-state index contributed by atoms with van der Waals surface area (Å²) in [5.74, 6) is 1.43. The molecule has 0 fully saturated rings. The van der Waals surface area contributed by atoms with Crippen LogP contribution < -0.4 is 5.32 Å². The van der Waals surface area contributed by atoms with E-state index in [9.17, 15) is 0 Å². The molecule has 0 aliphatic heterocycles. The summed E-state index contributed by atoms with van der Waals surface area (Å²) in [6, 6.07) is 1.94. The Bertz CT molecular complexity index is 557. The Morgan fingerprint density at radius 3 is 2.59 bits per heavy atom. The number of nitrogens with one attached hydrogen (secondary N) is 1. The van der Waals surface area contributed by atoms with E-state index in [2.05, 4.69) is 52.1 Å². The first kappa shape index (κ1) is 12.4. The Balaban J connectivity index is 2.56. The molecule has 0 unspecified atom stereocenters. The number of anilines is 1. The second-order valence-electron chi connectivity index (χ2n) is 3.44. The normalized spacial score (nSPS) is 10.4. The maximum Gasteiger partial charge on any atom is 0.163 e. The van der Waals surface area contributed by atoms with Gasteiger partial charge in [-0.15, -0.1) is 0 Å². The minimum atomic E-state index is 0.656. The molecule has 2 aromatic rings. The van der Waals surface area contributed by atoms with Crippen LogP contribution in [0.3, 0.4) is 0 Å². The number of nitrogens with zero attached hydrogens (tertiary/aromatic N) is 3. The van der Waals surface area contributed by atoms with Gasteiger partial charge in [-0.25, -0.2) is 9.97 Å². The van der Waals surface area contributed by atoms with E-state index in [-0.39, 0.29) is 0 Å². The van der Waals surface area contributed by atoms with Gasteiger partial charge < -0.3 is 5.32 Å². The molecule has 0 saturated carbocycles. The molecule has 0 spiro atoms. The quantitative estimate of drug-likeness (QED) is 0.894. The van der Waals surface area contributed by atoms with Gasteiger partial charge in [0.15, 0.2) is 5.82 Å². The van der Waals surface area contributed by atoms with Crippen molar-refractivity contribution in [3.63, 3.8) is 0 Å². The summed E-state index contributed by atoms with van der Waals surface area (Å²) in [5.41, 5.74) is 1.77. The molecule has 0 aliphatic rings. The summed E-state index contributed by atoms with van der Waals surface area (Å²) in [6.07, 6.45) is 3.47. The number of pyridine rings is 1. The van der Waals surface area contributed by atoms with Crippen LogP contribution in [-0.4, -0.2) is 22.0 Å². The molecule has 0 aromatic carbocycles. The Labute approximate surface area is 116 Å². The predicted molar refractivity (Wildman–Crippen MR) is 74.9 cm³/mol. The van der Waals surface area contributed by atoms with E-state index >= 15 is 0 Å². The monoisotopic (exact) mass is 356 g/mol. The van der Waals surface area contributed by atoms with Gasteiger partial charge >= 0.3 is 0 Å². The van der Waals surface area contributed by atoms with Crippen molar-refractivity contribution in [2.24, 2.45) is 0 Å². The van der Waals surface area contributed by atoms with Gasteiger partial charge in [0.1, 0.15) is 5.82 Å². The maximum absolute atomic E-state index is 4.43. The first-order valence-corrected chi connectivity index (χ1v) is 6.53. The van der Waals surface area contributed by atoms with Crippen molar-refractivity contribution in [3.05, 3.63) is 33.1 Å². The molecule has 1 N–H and O–H groups in total. The second-order valence-corrected chi connectivity index (χ2v) is 5.15. The fraction of sp³-hybridized carbons (Fsp3) is 0.182. The molecule has 88 valence electrons. The Kier molecular flexibility index (Phi) is 3.73. The lowest BCUT2D eigenvalue weighted by Crippen LogP contribution is -2.00. The van der Waals surface area contributed by atoms with Crippen molar-refractivity contribution in [1.29, 1.82) is 0 Å². The largest absolute Gasteiger partial charge is 0.372 e. The number of hydrogen-bond acceptors (Lipinski definition) is 4. The minimum absolute atomic E-state index is 0.656. The third-order valence-corrected chi connectivity index (χ3v) is 3.60. The standard InChI is InChI=1S/C11H10Br2N4/c1-6-9(13)11(14-2)17-10(16-6)7-3-8(12)5-15-4-7/h3-5H,1-2H3,(H,14,16,17). The minimum Gasteiger partial charge on any atom is -0.372 e. The molecule has 0 aliphatic carbocycles. The predicted octanol–water partition coefficient (Wildman–Crippen LogP) is 3.41. The zero-order valence-corrected chi connectivity index (χ0v) is 12.5. The summed E-state index contributed by atoms with van der Waals surface area (Å²) in [4.78, 5) is 13.0. The van der Waals surface area contributed by atoms with Gasteiger partial charge in [0, 0.05) is 29.5 Å². The number of aromatic nitrogens is 3. The molecule has 2 heterocycles. The molecule has 6 heteroatoms. The van der Waals surface area contributed by atoms with Crippen LogP contribution in [0.4, 0.5) is 5.82 Å². The SMILES string of the molecule is CNc1nc(-c2cncc(Br)c2)nc(C)c1Br. The maximum atomic E-state index is 4.43. The van der Waals surface area contributed by atoms with E-state index in [1.165, 1.54) is 0 Å². The molecule has 4 nitrogen and oxygen atoms in total. The molecule has 0 amide bonds. The van der Waals surface area contributed by atoms with Gasteiger partial charge in [0.2, 0.25) is 0 Å². The van der Waals surface area contributed by atoms with E-state index in [0.717, 1.165) is 26.0 Å². The molecule has 0 atom stereocenters. The molecule has 0 bridgehead atoms. The van der Waals surface area contributed by atoms with Crippen LogP contribution >= 0.6 is 31.9 Å². The smallest absolute Gasteiger partial charge is 0.163 e. The Hall–Kier alpha value is -1.01. The fourth-order valence-corrected chi connectivity index (χ4v) is 2.13. The van der Waals surface area contributed by atoms with Crippen molar-refractivity contribution < 1.29 is 0 Å². The highest BCUT2D eigenvalue weighted by Gasteiger charge is 2.10. The molecule has 0 radical (unpaired) electrons. The lowest BCUT2D eigenvalue weighted by molar-refractivity contribution is 1.08. The number of aryl methyl sites for hydroxylation is 1. The first-order chi connectivity index (χ1) is 8.11. The Morgan fingerprint density at radius 2 is 1.94 bits per heavy atom. The van der Waals surface area contributed by atoms with Crippen molar-refractivity contribution in [2.75, 3.05) is 12.4 Å². The molecule has 2 aromatic heterocycles.